The molecule has 0 unspecified atom stereocenters. The standard InChI is InChI=1S/C18H24FN3O2/c19-16-3-1-15(2-4-16)18-21-17(13-24-18)12-20-11-14-5-7-22(8-6-14)9-10-23/h1-4,13-14,20,23H,5-12H2. The number of β-amino-alcohol motifs (C(OH)–C–C–N with tert-alkyl or cyclic N) is 1. The lowest BCUT2D eigenvalue weighted by Gasteiger charge is -2.31. The molecule has 6 heteroatoms. The summed E-state index contributed by atoms with van der Waals surface area (Å²) in [4.78, 5) is 6.75. The van der Waals surface area contributed by atoms with E-state index >= 15 is 0 Å². The fourth-order valence-electron chi connectivity index (χ4n) is 3.07. The third-order valence-electron chi connectivity index (χ3n) is 4.51. The van der Waals surface area contributed by atoms with Gasteiger partial charge in [-0.3, -0.25) is 0 Å². The maximum atomic E-state index is 12.9. The molecular formula is C18H24FN3O2. The molecule has 1 aromatic carbocycles. The maximum absolute atomic E-state index is 12.9. The van der Waals surface area contributed by atoms with Crippen LogP contribution in [0.5, 0.6) is 0 Å². The van der Waals surface area contributed by atoms with Crippen LogP contribution in [0.25, 0.3) is 11.5 Å². The van der Waals surface area contributed by atoms with Gasteiger partial charge in [0.1, 0.15) is 12.1 Å². The lowest BCUT2D eigenvalue weighted by atomic mass is 9.97. The van der Waals surface area contributed by atoms with Crippen molar-refractivity contribution in [2.75, 3.05) is 32.8 Å². The minimum Gasteiger partial charge on any atom is -0.444 e. The predicted octanol–water partition coefficient (Wildman–Crippen LogP) is 2.27. The number of rotatable bonds is 7. The fraction of sp³-hybridized carbons (Fsp3) is 0.500. The molecule has 0 bridgehead atoms. The largest absolute Gasteiger partial charge is 0.444 e. The Morgan fingerprint density at radius 2 is 2.00 bits per heavy atom. The molecule has 0 radical (unpaired) electrons. The van der Waals surface area contributed by atoms with Gasteiger partial charge in [0.05, 0.1) is 12.3 Å². The topological polar surface area (TPSA) is 61.5 Å². The molecule has 2 N–H and O–H groups in total. The number of aliphatic hydroxyl groups is 1. The SMILES string of the molecule is OCCN1CCC(CNCc2coc(-c3ccc(F)cc3)n2)CC1. The Morgan fingerprint density at radius 1 is 1.25 bits per heavy atom. The number of aliphatic hydroxyl groups excluding tert-OH is 1. The van der Waals surface area contributed by atoms with Crippen LogP contribution >= 0.6 is 0 Å². The van der Waals surface area contributed by atoms with Crippen LogP contribution in [-0.4, -0.2) is 47.8 Å². The smallest absolute Gasteiger partial charge is 0.226 e. The number of hydrogen-bond acceptors (Lipinski definition) is 5. The Kier molecular flexibility index (Phi) is 5.96. The zero-order chi connectivity index (χ0) is 16.8. The van der Waals surface area contributed by atoms with Crippen LogP contribution in [0.3, 0.4) is 0 Å². The molecular weight excluding hydrogens is 309 g/mol. The van der Waals surface area contributed by atoms with Crippen molar-refractivity contribution in [3.63, 3.8) is 0 Å². The van der Waals surface area contributed by atoms with E-state index in [1.807, 2.05) is 0 Å². The van der Waals surface area contributed by atoms with Crippen molar-refractivity contribution in [3.05, 3.63) is 42.0 Å². The van der Waals surface area contributed by atoms with Crippen molar-refractivity contribution >= 4 is 0 Å². The van der Waals surface area contributed by atoms with Crippen molar-refractivity contribution in [1.29, 1.82) is 0 Å². The number of hydrogen-bond donors (Lipinski definition) is 2. The van der Waals surface area contributed by atoms with Gasteiger partial charge >= 0.3 is 0 Å². The summed E-state index contributed by atoms with van der Waals surface area (Å²) in [6, 6.07) is 6.14. The van der Waals surface area contributed by atoms with E-state index in [1.165, 1.54) is 12.1 Å². The second kappa shape index (κ2) is 8.37. The highest BCUT2D eigenvalue weighted by Crippen LogP contribution is 2.19. The zero-order valence-corrected chi connectivity index (χ0v) is 13.7. The van der Waals surface area contributed by atoms with Gasteiger partial charge in [-0.2, -0.15) is 0 Å². The molecule has 0 atom stereocenters. The van der Waals surface area contributed by atoms with Gasteiger partial charge in [0.15, 0.2) is 0 Å². The summed E-state index contributed by atoms with van der Waals surface area (Å²) in [5.41, 5.74) is 1.63. The normalized spacial score (nSPS) is 16.6. The summed E-state index contributed by atoms with van der Waals surface area (Å²) in [5.74, 6) is 0.921. The molecule has 0 spiro atoms. The predicted molar refractivity (Wildman–Crippen MR) is 89.9 cm³/mol. The number of piperidine rings is 1. The molecule has 1 fully saturated rings. The van der Waals surface area contributed by atoms with E-state index < -0.39 is 0 Å². The minimum atomic E-state index is -0.266. The number of nitrogens with zero attached hydrogens (tertiary/aromatic N) is 2. The van der Waals surface area contributed by atoms with Crippen molar-refractivity contribution in [1.82, 2.24) is 15.2 Å². The molecule has 0 saturated carbocycles. The second-order valence-electron chi connectivity index (χ2n) is 6.29. The zero-order valence-electron chi connectivity index (χ0n) is 13.7. The molecule has 3 rings (SSSR count). The van der Waals surface area contributed by atoms with E-state index in [-0.39, 0.29) is 12.4 Å². The lowest BCUT2D eigenvalue weighted by Crippen LogP contribution is -2.38. The van der Waals surface area contributed by atoms with Crippen LogP contribution in [-0.2, 0) is 6.54 Å². The van der Waals surface area contributed by atoms with Crippen molar-refractivity contribution in [3.8, 4) is 11.5 Å². The molecule has 1 saturated heterocycles. The molecule has 1 aliphatic rings. The van der Waals surface area contributed by atoms with Gasteiger partial charge < -0.3 is 19.7 Å². The minimum absolute atomic E-state index is 0.242. The van der Waals surface area contributed by atoms with E-state index in [0.29, 0.717) is 18.4 Å². The molecule has 0 aliphatic carbocycles. The Hall–Kier alpha value is -1.76. The van der Waals surface area contributed by atoms with Gasteiger partial charge in [0.25, 0.3) is 0 Å². The average Bonchev–Trinajstić information content (AvgIpc) is 3.06. The molecule has 2 aromatic rings. The van der Waals surface area contributed by atoms with E-state index in [2.05, 4.69) is 15.2 Å². The molecule has 0 amide bonds. The third-order valence-corrected chi connectivity index (χ3v) is 4.51. The van der Waals surface area contributed by atoms with Crippen LogP contribution < -0.4 is 5.32 Å². The monoisotopic (exact) mass is 333 g/mol. The average molecular weight is 333 g/mol. The lowest BCUT2D eigenvalue weighted by molar-refractivity contribution is 0.146. The van der Waals surface area contributed by atoms with Gasteiger partial charge in [-0.05, 0) is 62.7 Å². The molecule has 24 heavy (non-hydrogen) atoms. The first-order chi connectivity index (χ1) is 11.7. The van der Waals surface area contributed by atoms with Crippen LogP contribution in [0.2, 0.25) is 0 Å². The number of aromatic nitrogens is 1. The fourth-order valence-corrected chi connectivity index (χ4v) is 3.07. The van der Waals surface area contributed by atoms with E-state index in [1.54, 1.807) is 18.4 Å². The van der Waals surface area contributed by atoms with Crippen LogP contribution in [0.1, 0.15) is 18.5 Å². The molecule has 5 nitrogen and oxygen atoms in total. The van der Waals surface area contributed by atoms with Gasteiger partial charge in [0, 0.05) is 18.7 Å². The molecule has 1 aliphatic heterocycles. The van der Waals surface area contributed by atoms with Crippen LogP contribution in [0, 0.1) is 11.7 Å². The van der Waals surface area contributed by atoms with Gasteiger partial charge in [-0.1, -0.05) is 0 Å². The Bertz CT molecular complexity index is 621. The molecule has 130 valence electrons. The first kappa shape index (κ1) is 17.1. The second-order valence-corrected chi connectivity index (χ2v) is 6.29. The van der Waals surface area contributed by atoms with Gasteiger partial charge in [-0.25, -0.2) is 9.37 Å². The number of oxazole rings is 1. The Labute approximate surface area is 141 Å². The van der Waals surface area contributed by atoms with Crippen LogP contribution in [0.4, 0.5) is 4.39 Å². The summed E-state index contributed by atoms with van der Waals surface area (Å²) in [7, 11) is 0. The van der Waals surface area contributed by atoms with Gasteiger partial charge in [-0.15, -0.1) is 0 Å². The molecule has 2 heterocycles. The van der Waals surface area contributed by atoms with E-state index in [4.69, 9.17) is 9.52 Å². The van der Waals surface area contributed by atoms with Crippen molar-refractivity contribution in [2.45, 2.75) is 19.4 Å². The molecule has 1 aromatic heterocycles. The van der Waals surface area contributed by atoms with Crippen molar-refractivity contribution < 1.29 is 13.9 Å². The number of benzene rings is 1. The third kappa shape index (κ3) is 4.63. The first-order valence-electron chi connectivity index (χ1n) is 8.49. The summed E-state index contributed by atoms with van der Waals surface area (Å²) in [5, 5.41) is 12.4. The summed E-state index contributed by atoms with van der Waals surface area (Å²) in [6.45, 7) is 4.78. The van der Waals surface area contributed by atoms with Crippen LogP contribution in [0.15, 0.2) is 34.9 Å². The van der Waals surface area contributed by atoms with E-state index in [9.17, 15) is 4.39 Å². The Balaban J connectivity index is 1.42. The maximum Gasteiger partial charge on any atom is 0.226 e. The summed E-state index contributed by atoms with van der Waals surface area (Å²) >= 11 is 0. The summed E-state index contributed by atoms with van der Waals surface area (Å²) < 4.78 is 18.4. The highest BCUT2D eigenvalue weighted by Gasteiger charge is 2.18. The quantitative estimate of drug-likeness (QED) is 0.814. The highest BCUT2D eigenvalue weighted by atomic mass is 19.1. The van der Waals surface area contributed by atoms with Gasteiger partial charge in [0.2, 0.25) is 5.89 Å². The first-order valence-corrected chi connectivity index (χ1v) is 8.49. The number of halogens is 1. The van der Waals surface area contributed by atoms with Crippen molar-refractivity contribution in [2.24, 2.45) is 5.92 Å². The number of likely N-dealkylation sites (tertiary alicyclic amines) is 1. The highest BCUT2D eigenvalue weighted by molar-refractivity contribution is 5.52. The number of nitrogens with one attached hydrogen (secondary N) is 1. The Morgan fingerprint density at radius 3 is 2.71 bits per heavy atom. The summed E-state index contributed by atoms with van der Waals surface area (Å²) in [6.07, 6.45) is 3.97. The van der Waals surface area contributed by atoms with E-state index in [0.717, 1.165) is 50.3 Å².